The van der Waals surface area contributed by atoms with Crippen LogP contribution in [-0.4, -0.2) is 28.5 Å². The Morgan fingerprint density at radius 2 is 1.90 bits per heavy atom. The summed E-state index contributed by atoms with van der Waals surface area (Å²) in [5.74, 6) is 1.67. The molecule has 2 heterocycles. The predicted molar refractivity (Wildman–Crippen MR) is 118 cm³/mol. The molecule has 1 fully saturated rings. The van der Waals surface area contributed by atoms with Gasteiger partial charge in [0.1, 0.15) is 0 Å². The van der Waals surface area contributed by atoms with Crippen molar-refractivity contribution in [2.75, 3.05) is 18.0 Å². The lowest BCUT2D eigenvalue weighted by Gasteiger charge is -2.33. The molecule has 3 aromatic rings. The van der Waals surface area contributed by atoms with Gasteiger partial charge in [-0.3, -0.25) is 4.79 Å². The maximum absolute atomic E-state index is 12.8. The molecule has 29 heavy (non-hydrogen) atoms. The first-order chi connectivity index (χ1) is 14.1. The number of nitrogens with zero attached hydrogens (tertiary/aromatic N) is 3. The van der Waals surface area contributed by atoms with Crippen molar-refractivity contribution in [3.05, 3.63) is 60.2 Å². The van der Waals surface area contributed by atoms with E-state index in [1.807, 2.05) is 36.4 Å². The van der Waals surface area contributed by atoms with Gasteiger partial charge in [0.05, 0.1) is 17.0 Å². The van der Waals surface area contributed by atoms with Crippen molar-refractivity contribution in [3.63, 3.8) is 0 Å². The first kappa shape index (κ1) is 19.5. The maximum Gasteiger partial charge on any atom is 0.225 e. The molecule has 1 saturated heterocycles. The lowest BCUT2D eigenvalue weighted by molar-refractivity contribution is -0.125. The minimum atomic E-state index is -0.000209. The van der Waals surface area contributed by atoms with Crippen LogP contribution in [0.4, 0.5) is 5.95 Å². The molecule has 4 rings (SSSR count). The third-order valence-corrected chi connectivity index (χ3v) is 5.57. The van der Waals surface area contributed by atoms with Crippen molar-refractivity contribution in [2.45, 2.75) is 39.8 Å². The van der Waals surface area contributed by atoms with Crippen molar-refractivity contribution >= 4 is 22.9 Å². The number of piperidine rings is 1. The molecule has 0 radical (unpaired) electrons. The lowest BCUT2D eigenvalue weighted by atomic mass is 9.97. The number of fused-ring (bicyclic) bond motifs is 1. The first-order valence-electron chi connectivity index (χ1n) is 10.6. The molecule has 0 bridgehead atoms. The van der Waals surface area contributed by atoms with Crippen molar-refractivity contribution in [1.29, 1.82) is 0 Å². The zero-order valence-corrected chi connectivity index (χ0v) is 17.3. The van der Waals surface area contributed by atoms with Crippen LogP contribution in [0.15, 0.2) is 54.6 Å². The van der Waals surface area contributed by atoms with Gasteiger partial charge in [-0.25, -0.2) is 4.98 Å². The molecule has 5 nitrogen and oxygen atoms in total. The van der Waals surface area contributed by atoms with E-state index in [4.69, 9.17) is 4.98 Å². The number of aromatic nitrogens is 2. The molecule has 0 unspecified atom stereocenters. The fourth-order valence-electron chi connectivity index (χ4n) is 4.15. The highest BCUT2D eigenvalue weighted by Gasteiger charge is 2.28. The highest BCUT2D eigenvalue weighted by Crippen LogP contribution is 2.28. The Morgan fingerprint density at radius 1 is 1.14 bits per heavy atom. The number of nitrogens with one attached hydrogen (secondary N) is 1. The van der Waals surface area contributed by atoms with E-state index < -0.39 is 0 Å². The molecular weight excluding hydrogens is 360 g/mol. The van der Waals surface area contributed by atoms with Gasteiger partial charge in [0.25, 0.3) is 0 Å². The minimum absolute atomic E-state index is 0.000209. The second-order valence-electron chi connectivity index (χ2n) is 8.39. The summed E-state index contributed by atoms with van der Waals surface area (Å²) in [5, 5.41) is 3.12. The average molecular weight is 391 g/mol. The number of benzene rings is 2. The Kier molecular flexibility index (Phi) is 5.84. The number of hydrogen-bond acceptors (Lipinski definition) is 3. The smallest absolute Gasteiger partial charge is 0.225 e. The number of amides is 1. The summed E-state index contributed by atoms with van der Waals surface area (Å²) >= 11 is 0. The Labute approximate surface area is 172 Å². The predicted octanol–water partition coefficient (Wildman–Crippen LogP) is 4.23. The molecule has 5 heteroatoms. The van der Waals surface area contributed by atoms with Gasteiger partial charge in [-0.1, -0.05) is 56.3 Å². The van der Waals surface area contributed by atoms with Crippen molar-refractivity contribution in [3.8, 4) is 0 Å². The second kappa shape index (κ2) is 8.68. The maximum atomic E-state index is 12.8. The zero-order valence-electron chi connectivity index (χ0n) is 17.3. The average Bonchev–Trinajstić information content (AvgIpc) is 3.11. The van der Waals surface area contributed by atoms with E-state index in [9.17, 15) is 4.79 Å². The number of rotatable bonds is 6. The summed E-state index contributed by atoms with van der Waals surface area (Å²) in [6.45, 7) is 7.65. The van der Waals surface area contributed by atoms with Gasteiger partial charge in [0.15, 0.2) is 0 Å². The third-order valence-electron chi connectivity index (χ3n) is 5.57. The first-order valence-corrected chi connectivity index (χ1v) is 10.6. The Morgan fingerprint density at radius 3 is 2.69 bits per heavy atom. The third kappa shape index (κ3) is 4.44. The summed E-state index contributed by atoms with van der Waals surface area (Å²) in [6, 6.07) is 18.4. The van der Waals surface area contributed by atoms with E-state index in [0.29, 0.717) is 12.5 Å². The monoisotopic (exact) mass is 390 g/mol. The Hall–Kier alpha value is -2.82. The standard InChI is InChI=1S/C24H30N4O/c1-18(2)16-28-22-13-7-6-12-21(22)26-24(28)27-14-8-11-20(17-27)23(29)25-15-19-9-4-3-5-10-19/h3-7,9-10,12-13,18,20H,8,11,14-17H2,1-2H3,(H,25,29)/t20-/m0/s1. The van der Waals surface area contributed by atoms with E-state index in [1.54, 1.807) is 0 Å². The van der Waals surface area contributed by atoms with Gasteiger partial charge in [-0.15, -0.1) is 0 Å². The number of carbonyl (C=O) groups is 1. The van der Waals surface area contributed by atoms with E-state index >= 15 is 0 Å². The van der Waals surface area contributed by atoms with Gasteiger partial charge in [-0.2, -0.15) is 0 Å². The summed E-state index contributed by atoms with van der Waals surface area (Å²) in [5.41, 5.74) is 3.33. The normalized spacial score (nSPS) is 17.1. The van der Waals surface area contributed by atoms with E-state index in [2.05, 4.69) is 46.8 Å². The van der Waals surface area contributed by atoms with Crippen LogP contribution in [0.25, 0.3) is 11.0 Å². The van der Waals surface area contributed by atoms with Crippen LogP contribution < -0.4 is 10.2 Å². The molecule has 1 N–H and O–H groups in total. The van der Waals surface area contributed by atoms with Crippen LogP contribution in [0.3, 0.4) is 0 Å². The fourth-order valence-corrected chi connectivity index (χ4v) is 4.15. The SMILES string of the molecule is CC(C)Cn1c(N2CCC[C@H](C(=O)NCc3ccccc3)C2)nc2ccccc21. The molecular formula is C24H30N4O. The van der Waals surface area contributed by atoms with E-state index in [-0.39, 0.29) is 11.8 Å². The van der Waals surface area contributed by atoms with Crippen LogP contribution in [0.5, 0.6) is 0 Å². The molecule has 1 aromatic heterocycles. The summed E-state index contributed by atoms with van der Waals surface area (Å²) in [6.07, 6.45) is 1.94. The van der Waals surface area contributed by atoms with Crippen molar-refractivity contribution in [2.24, 2.45) is 11.8 Å². The molecule has 0 spiro atoms. The van der Waals surface area contributed by atoms with Crippen LogP contribution in [0, 0.1) is 11.8 Å². The molecule has 1 amide bonds. The number of carbonyl (C=O) groups excluding carboxylic acids is 1. The van der Waals surface area contributed by atoms with E-state index in [0.717, 1.165) is 49.5 Å². The summed E-state index contributed by atoms with van der Waals surface area (Å²) < 4.78 is 2.32. The second-order valence-corrected chi connectivity index (χ2v) is 8.39. The van der Waals surface area contributed by atoms with Crippen LogP contribution in [0.1, 0.15) is 32.3 Å². The summed E-state index contributed by atoms with van der Waals surface area (Å²) in [7, 11) is 0. The number of imidazole rings is 1. The number of para-hydroxylation sites is 2. The van der Waals surface area contributed by atoms with Crippen LogP contribution >= 0.6 is 0 Å². The van der Waals surface area contributed by atoms with Gasteiger partial charge < -0.3 is 14.8 Å². The largest absolute Gasteiger partial charge is 0.352 e. The van der Waals surface area contributed by atoms with Crippen molar-refractivity contribution in [1.82, 2.24) is 14.9 Å². The Balaban J connectivity index is 1.50. The van der Waals surface area contributed by atoms with E-state index in [1.165, 1.54) is 5.52 Å². The van der Waals surface area contributed by atoms with Gasteiger partial charge in [0, 0.05) is 26.2 Å². The fraction of sp³-hybridized carbons (Fsp3) is 0.417. The molecule has 0 saturated carbocycles. The molecule has 0 aliphatic carbocycles. The van der Waals surface area contributed by atoms with Gasteiger partial charge in [0.2, 0.25) is 11.9 Å². The molecule has 1 aliphatic heterocycles. The number of anilines is 1. The Bertz CT molecular complexity index is 963. The van der Waals surface area contributed by atoms with Crippen molar-refractivity contribution < 1.29 is 4.79 Å². The van der Waals surface area contributed by atoms with Gasteiger partial charge >= 0.3 is 0 Å². The highest BCUT2D eigenvalue weighted by molar-refractivity contribution is 5.81. The molecule has 2 aromatic carbocycles. The van der Waals surface area contributed by atoms with Crippen LogP contribution in [0.2, 0.25) is 0 Å². The zero-order chi connectivity index (χ0) is 20.2. The summed E-state index contributed by atoms with van der Waals surface area (Å²) in [4.78, 5) is 20.1. The molecule has 152 valence electrons. The number of hydrogen-bond donors (Lipinski definition) is 1. The lowest BCUT2D eigenvalue weighted by Crippen LogP contribution is -2.44. The molecule has 1 aliphatic rings. The van der Waals surface area contributed by atoms with Crippen LogP contribution in [-0.2, 0) is 17.9 Å². The minimum Gasteiger partial charge on any atom is -0.352 e. The quantitative estimate of drug-likeness (QED) is 0.685. The highest BCUT2D eigenvalue weighted by atomic mass is 16.1. The van der Waals surface area contributed by atoms with Gasteiger partial charge in [-0.05, 0) is 36.5 Å². The molecule has 1 atom stereocenters. The topological polar surface area (TPSA) is 50.2 Å².